The molecular weight excluding hydrogens is 246 g/mol. The van der Waals surface area contributed by atoms with E-state index in [1.165, 1.54) is 23.4 Å². The fourth-order valence-electron chi connectivity index (χ4n) is 2.59. The molecule has 0 aliphatic rings. The highest BCUT2D eigenvalue weighted by molar-refractivity contribution is 5.25. The van der Waals surface area contributed by atoms with Gasteiger partial charge >= 0.3 is 0 Å². The zero-order valence-electron chi connectivity index (χ0n) is 12.8. The van der Waals surface area contributed by atoms with Crippen molar-refractivity contribution in [1.29, 1.82) is 0 Å². The summed E-state index contributed by atoms with van der Waals surface area (Å²) in [5.74, 6) is 1.17. The van der Waals surface area contributed by atoms with Gasteiger partial charge in [-0.2, -0.15) is 0 Å². The van der Waals surface area contributed by atoms with E-state index in [9.17, 15) is 0 Å². The molecule has 0 saturated heterocycles. The Morgan fingerprint density at radius 2 is 1.95 bits per heavy atom. The van der Waals surface area contributed by atoms with Gasteiger partial charge in [-0.15, -0.1) is 0 Å². The minimum atomic E-state index is 0.548. The molecule has 2 rings (SSSR count). The second-order valence-corrected chi connectivity index (χ2v) is 5.44. The van der Waals surface area contributed by atoms with Crippen LogP contribution in [0, 0.1) is 6.92 Å². The van der Waals surface area contributed by atoms with E-state index in [0.717, 1.165) is 19.3 Å². The minimum Gasteiger partial charge on any atom is -0.338 e. The van der Waals surface area contributed by atoms with Crippen LogP contribution >= 0.6 is 0 Å². The maximum Gasteiger partial charge on any atom is 0.108 e. The molecule has 1 aromatic carbocycles. The molecule has 0 aliphatic carbocycles. The van der Waals surface area contributed by atoms with E-state index in [4.69, 9.17) is 0 Å². The Morgan fingerprint density at radius 1 is 1.20 bits per heavy atom. The van der Waals surface area contributed by atoms with Gasteiger partial charge in [0.25, 0.3) is 0 Å². The number of nitrogens with zero attached hydrogens (tertiary/aromatic N) is 2. The van der Waals surface area contributed by atoms with Gasteiger partial charge in [0.15, 0.2) is 0 Å². The van der Waals surface area contributed by atoms with Crippen molar-refractivity contribution in [3.8, 4) is 0 Å². The maximum absolute atomic E-state index is 4.39. The third-order valence-electron chi connectivity index (χ3n) is 4.07. The molecule has 0 radical (unpaired) electrons. The monoisotopic (exact) mass is 271 g/mol. The normalized spacial score (nSPS) is 12.6. The molecule has 0 bridgehead atoms. The van der Waals surface area contributed by atoms with E-state index in [-0.39, 0.29) is 0 Å². The third-order valence-corrected chi connectivity index (χ3v) is 4.07. The first kappa shape index (κ1) is 14.8. The first-order chi connectivity index (χ1) is 9.70. The lowest BCUT2D eigenvalue weighted by Crippen LogP contribution is -2.26. The van der Waals surface area contributed by atoms with E-state index in [1.54, 1.807) is 0 Å². The summed E-state index contributed by atoms with van der Waals surface area (Å²) in [7, 11) is 4.12. The van der Waals surface area contributed by atoms with E-state index in [0.29, 0.717) is 6.04 Å². The number of hydrogen-bond acceptors (Lipinski definition) is 2. The quantitative estimate of drug-likeness (QED) is 0.839. The molecule has 20 heavy (non-hydrogen) atoms. The zero-order chi connectivity index (χ0) is 14.4. The predicted molar refractivity (Wildman–Crippen MR) is 83.9 cm³/mol. The van der Waals surface area contributed by atoms with Crippen LogP contribution in [0.15, 0.2) is 36.7 Å². The van der Waals surface area contributed by atoms with Gasteiger partial charge in [0.1, 0.15) is 5.82 Å². The van der Waals surface area contributed by atoms with Gasteiger partial charge < -0.3 is 9.88 Å². The molecule has 0 amide bonds. The number of rotatable bonds is 7. The van der Waals surface area contributed by atoms with Crippen molar-refractivity contribution in [3.05, 3.63) is 53.6 Å². The zero-order valence-corrected chi connectivity index (χ0v) is 12.8. The van der Waals surface area contributed by atoms with Crippen LogP contribution in [0.2, 0.25) is 0 Å². The van der Waals surface area contributed by atoms with E-state index in [2.05, 4.69) is 60.2 Å². The summed E-state index contributed by atoms with van der Waals surface area (Å²) in [6.07, 6.45) is 8.36. The van der Waals surface area contributed by atoms with Crippen LogP contribution in [0.4, 0.5) is 0 Å². The summed E-state index contributed by atoms with van der Waals surface area (Å²) >= 11 is 0. The molecular formula is C17H25N3. The lowest BCUT2D eigenvalue weighted by Gasteiger charge is -2.16. The Morgan fingerprint density at radius 3 is 2.60 bits per heavy atom. The number of aromatic nitrogens is 2. The molecule has 1 unspecified atom stereocenters. The van der Waals surface area contributed by atoms with Crippen LogP contribution in [0.1, 0.15) is 29.8 Å². The van der Waals surface area contributed by atoms with Crippen LogP contribution in [-0.4, -0.2) is 22.6 Å². The number of imidazole rings is 1. The van der Waals surface area contributed by atoms with E-state index in [1.807, 2.05) is 12.4 Å². The van der Waals surface area contributed by atoms with Crippen molar-refractivity contribution in [3.63, 3.8) is 0 Å². The van der Waals surface area contributed by atoms with Gasteiger partial charge in [-0.05, 0) is 44.4 Å². The molecule has 2 aromatic rings. The fraction of sp³-hybridized carbons (Fsp3) is 0.471. The molecule has 1 aromatic heterocycles. The van der Waals surface area contributed by atoms with Gasteiger partial charge in [-0.3, -0.25) is 0 Å². The highest BCUT2D eigenvalue weighted by atomic mass is 15.0. The molecule has 1 atom stereocenters. The Bertz CT molecular complexity index is 531. The van der Waals surface area contributed by atoms with Crippen LogP contribution < -0.4 is 5.32 Å². The summed E-state index contributed by atoms with van der Waals surface area (Å²) in [5, 5.41) is 3.44. The minimum absolute atomic E-state index is 0.548. The van der Waals surface area contributed by atoms with Gasteiger partial charge in [0.05, 0.1) is 0 Å². The van der Waals surface area contributed by atoms with Gasteiger partial charge in [0.2, 0.25) is 0 Å². The molecule has 3 heteroatoms. The average Bonchev–Trinajstić information content (AvgIpc) is 2.86. The van der Waals surface area contributed by atoms with Gasteiger partial charge in [-0.25, -0.2) is 4.98 Å². The molecule has 0 spiro atoms. The highest BCUT2D eigenvalue weighted by Crippen LogP contribution is 2.13. The molecule has 1 heterocycles. The van der Waals surface area contributed by atoms with Gasteiger partial charge in [-0.1, -0.05) is 24.3 Å². The Balaban J connectivity index is 1.84. The summed E-state index contributed by atoms with van der Waals surface area (Å²) in [6, 6.07) is 9.21. The first-order valence-electron chi connectivity index (χ1n) is 7.38. The molecule has 108 valence electrons. The van der Waals surface area contributed by atoms with E-state index >= 15 is 0 Å². The van der Waals surface area contributed by atoms with E-state index < -0.39 is 0 Å². The molecule has 0 aliphatic heterocycles. The smallest absolute Gasteiger partial charge is 0.108 e. The summed E-state index contributed by atoms with van der Waals surface area (Å²) in [6.45, 7) is 2.19. The Hall–Kier alpha value is -1.61. The Kier molecular flexibility index (Phi) is 5.36. The second-order valence-electron chi connectivity index (χ2n) is 5.44. The van der Waals surface area contributed by atoms with Crippen molar-refractivity contribution < 1.29 is 0 Å². The summed E-state index contributed by atoms with van der Waals surface area (Å²) in [4.78, 5) is 4.39. The van der Waals surface area contributed by atoms with Gasteiger partial charge in [0, 0.05) is 31.9 Å². The van der Waals surface area contributed by atoms with Crippen molar-refractivity contribution in [2.45, 2.75) is 38.6 Å². The SMILES string of the molecule is CNC(CCc1ccccc1C)CCc1nccn1C. The highest BCUT2D eigenvalue weighted by Gasteiger charge is 2.09. The molecule has 0 saturated carbocycles. The van der Waals surface area contributed by atoms with Crippen LogP contribution in [0.5, 0.6) is 0 Å². The molecule has 3 nitrogen and oxygen atoms in total. The molecule has 0 fully saturated rings. The van der Waals surface area contributed by atoms with Crippen molar-refractivity contribution in [2.24, 2.45) is 7.05 Å². The number of benzene rings is 1. The predicted octanol–water partition coefficient (Wildman–Crippen LogP) is 2.88. The number of nitrogens with one attached hydrogen (secondary N) is 1. The lowest BCUT2D eigenvalue weighted by atomic mass is 9.99. The average molecular weight is 271 g/mol. The first-order valence-corrected chi connectivity index (χ1v) is 7.38. The number of hydrogen-bond donors (Lipinski definition) is 1. The lowest BCUT2D eigenvalue weighted by molar-refractivity contribution is 0.481. The van der Waals surface area contributed by atoms with Crippen LogP contribution in [-0.2, 0) is 19.9 Å². The van der Waals surface area contributed by atoms with Crippen LogP contribution in [0.3, 0.4) is 0 Å². The fourth-order valence-corrected chi connectivity index (χ4v) is 2.59. The van der Waals surface area contributed by atoms with Crippen LogP contribution in [0.25, 0.3) is 0 Å². The standard InChI is InChI=1S/C17H25N3/c1-14-6-4-5-7-15(14)8-9-16(18-2)10-11-17-19-12-13-20(17)3/h4-7,12-13,16,18H,8-11H2,1-3H3. The van der Waals surface area contributed by atoms with Crippen molar-refractivity contribution in [2.75, 3.05) is 7.05 Å². The van der Waals surface area contributed by atoms with Crippen molar-refractivity contribution in [1.82, 2.24) is 14.9 Å². The number of aryl methyl sites for hydroxylation is 4. The van der Waals surface area contributed by atoms with Crippen molar-refractivity contribution >= 4 is 0 Å². The third kappa shape index (κ3) is 3.94. The Labute approximate surface area is 122 Å². The second kappa shape index (κ2) is 7.25. The topological polar surface area (TPSA) is 29.9 Å². The summed E-state index contributed by atoms with van der Waals surface area (Å²) < 4.78 is 2.11. The largest absolute Gasteiger partial charge is 0.338 e. The molecule has 1 N–H and O–H groups in total. The maximum atomic E-state index is 4.39. The summed E-state index contributed by atoms with van der Waals surface area (Å²) in [5.41, 5.74) is 2.86.